The summed E-state index contributed by atoms with van der Waals surface area (Å²) in [4.78, 5) is 93.2. The van der Waals surface area contributed by atoms with Gasteiger partial charge >= 0.3 is 0 Å². The summed E-state index contributed by atoms with van der Waals surface area (Å²) in [6, 6.07) is 8.01. The lowest BCUT2D eigenvalue weighted by molar-refractivity contribution is -0.145. The van der Waals surface area contributed by atoms with Crippen molar-refractivity contribution in [3.05, 3.63) is 76.7 Å². The van der Waals surface area contributed by atoms with Crippen LogP contribution >= 0.6 is 11.3 Å². The van der Waals surface area contributed by atoms with E-state index in [0.717, 1.165) is 80.6 Å². The molecule has 5 amide bonds. The van der Waals surface area contributed by atoms with Crippen LogP contribution in [0.4, 0.5) is 30.5 Å². The number of halogens is 3. The molecule has 1 spiro atoms. The number of rotatable bonds is 22. The first-order chi connectivity index (χ1) is 41.9. The van der Waals surface area contributed by atoms with Crippen molar-refractivity contribution < 1.29 is 47.0 Å². The van der Waals surface area contributed by atoms with E-state index >= 15 is 8.78 Å². The largest absolute Gasteiger partial charge is 0.491 e. The maximum Gasteiger partial charge on any atom is 0.258 e. The standard InChI is InChI=1S/C63H87F3N14O7S/c1-41-55(88-40-72-41)42-7-8-43(34-69-57(84)49-31-45(81)36-80(49)58(85)56(60(2,3)4)73-59(86)63(66)10-11-63)50(30-42)87-28-17-68-53(82)9-18-75-24-26-76(27-25-75)23-16-67-51-33-52(71-39-70-51)78-21-14-62(15-22-78)38-79(37-54(83)74-62)48-32-46(64)44(29-47(48)65)35-77-19-12-61(5,6)13-20-77/h7-8,29-30,32-33,39-40,45,49,56,81H,9-28,31,34-38H2,1-6H3,(H,68,82)(H,69,84)(H,73,86)(H,74,83)(H,67,70,71)/t45-,49+,56-/m1/s1. The number of thiazole rings is 1. The van der Waals surface area contributed by atoms with Crippen molar-refractivity contribution in [1.29, 1.82) is 0 Å². The maximum atomic E-state index is 15.8. The molecular formula is C63H87F3N14O7S. The minimum absolute atomic E-state index is 0.00603. The number of amides is 5. The zero-order valence-corrected chi connectivity index (χ0v) is 52.5. The van der Waals surface area contributed by atoms with Gasteiger partial charge < -0.3 is 56.0 Å². The second kappa shape index (κ2) is 27.2. The summed E-state index contributed by atoms with van der Waals surface area (Å²) in [6.45, 7) is 21.0. The average molecular weight is 1240 g/mol. The van der Waals surface area contributed by atoms with Crippen LogP contribution in [-0.2, 0) is 37.1 Å². The van der Waals surface area contributed by atoms with E-state index in [1.54, 1.807) is 37.5 Å². The Morgan fingerprint density at radius 3 is 2.26 bits per heavy atom. The first-order valence-electron chi connectivity index (χ1n) is 31.1. The van der Waals surface area contributed by atoms with Gasteiger partial charge in [0.25, 0.3) is 5.91 Å². The van der Waals surface area contributed by atoms with Crippen LogP contribution < -0.4 is 41.1 Å². The van der Waals surface area contributed by atoms with Crippen LogP contribution in [0.5, 0.6) is 5.75 Å². The van der Waals surface area contributed by atoms with Gasteiger partial charge in [0.1, 0.15) is 54.0 Å². The molecule has 21 nitrogen and oxygen atoms in total. The molecule has 478 valence electrons. The number of carbonyl (C=O) groups excluding carboxylic acids is 5. The smallest absolute Gasteiger partial charge is 0.258 e. The fourth-order valence-corrected chi connectivity index (χ4v) is 13.4. The summed E-state index contributed by atoms with van der Waals surface area (Å²) in [5.74, 6) is -1.20. The minimum atomic E-state index is -1.99. The zero-order chi connectivity index (χ0) is 62.5. The first-order valence-corrected chi connectivity index (χ1v) is 32.0. The van der Waals surface area contributed by atoms with E-state index in [0.29, 0.717) is 81.2 Å². The summed E-state index contributed by atoms with van der Waals surface area (Å²) < 4.78 is 52.3. The van der Waals surface area contributed by atoms with Gasteiger partial charge in [0.15, 0.2) is 5.67 Å². The number of β-amino-alcohol motifs (C(OH)–C–C–N with tert-alkyl or cyclic N) is 1. The van der Waals surface area contributed by atoms with Gasteiger partial charge in [0, 0.05) is 121 Å². The van der Waals surface area contributed by atoms with Crippen molar-refractivity contribution in [2.75, 3.05) is 120 Å². The van der Waals surface area contributed by atoms with Gasteiger partial charge in [-0.3, -0.25) is 33.8 Å². The van der Waals surface area contributed by atoms with Gasteiger partial charge in [0.2, 0.25) is 23.6 Å². The van der Waals surface area contributed by atoms with E-state index in [1.165, 1.54) is 28.4 Å². The van der Waals surface area contributed by atoms with Gasteiger partial charge in [-0.2, -0.15) is 0 Å². The number of benzene rings is 2. The van der Waals surface area contributed by atoms with Gasteiger partial charge in [-0.15, -0.1) is 11.3 Å². The van der Waals surface area contributed by atoms with Crippen LogP contribution in [0.1, 0.15) is 103 Å². The Bertz CT molecular complexity index is 3150. The first kappa shape index (κ1) is 64.3. The Labute approximate surface area is 517 Å². The van der Waals surface area contributed by atoms with E-state index in [-0.39, 0.29) is 75.0 Å². The number of alkyl halides is 1. The number of aliphatic hydroxyl groups is 1. The molecule has 3 atom stereocenters. The number of nitrogens with zero attached hydrogens (tertiary/aromatic N) is 9. The number of piperazine rings is 2. The van der Waals surface area contributed by atoms with E-state index < -0.39 is 64.2 Å². The van der Waals surface area contributed by atoms with E-state index in [4.69, 9.17) is 4.74 Å². The molecule has 1 saturated carbocycles. The summed E-state index contributed by atoms with van der Waals surface area (Å²) >= 11 is 1.49. The fourth-order valence-electron chi connectivity index (χ4n) is 12.6. The number of piperidine rings is 2. The summed E-state index contributed by atoms with van der Waals surface area (Å²) in [5, 5.41) is 25.8. The third kappa shape index (κ3) is 16.0. The van der Waals surface area contributed by atoms with Crippen LogP contribution in [-0.4, -0.2) is 203 Å². The van der Waals surface area contributed by atoms with E-state index in [9.17, 15) is 33.5 Å². The van der Waals surface area contributed by atoms with Crippen molar-refractivity contribution in [2.45, 2.75) is 135 Å². The summed E-state index contributed by atoms with van der Waals surface area (Å²) in [5.41, 5.74) is 1.47. The molecule has 0 bridgehead atoms. The molecular weight excluding hydrogens is 1150 g/mol. The summed E-state index contributed by atoms with van der Waals surface area (Å²) in [7, 11) is 0. The molecule has 6 fully saturated rings. The number of carbonyl (C=O) groups is 5. The Morgan fingerprint density at radius 1 is 0.841 bits per heavy atom. The number of aryl methyl sites for hydroxylation is 1. The Kier molecular flexibility index (Phi) is 19.9. The predicted molar refractivity (Wildman–Crippen MR) is 330 cm³/mol. The molecule has 10 rings (SSSR count). The number of anilines is 3. The van der Waals surface area contributed by atoms with Crippen molar-refractivity contribution in [3.63, 3.8) is 0 Å². The zero-order valence-electron chi connectivity index (χ0n) is 51.7. The molecule has 5 aliphatic heterocycles. The van der Waals surface area contributed by atoms with Crippen molar-refractivity contribution in [2.24, 2.45) is 10.8 Å². The van der Waals surface area contributed by atoms with E-state index in [2.05, 4.69) is 75.0 Å². The van der Waals surface area contributed by atoms with Crippen LogP contribution in [0.2, 0.25) is 0 Å². The lowest BCUT2D eigenvalue weighted by Crippen LogP contribution is -2.66. The van der Waals surface area contributed by atoms with Crippen LogP contribution in [0.25, 0.3) is 10.4 Å². The molecule has 5 saturated heterocycles. The van der Waals surface area contributed by atoms with Crippen LogP contribution in [0, 0.1) is 29.4 Å². The molecule has 2 aromatic heterocycles. The molecule has 0 unspecified atom stereocenters. The number of nitrogens with one attached hydrogen (secondary N) is 5. The highest BCUT2D eigenvalue weighted by molar-refractivity contribution is 7.13. The van der Waals surface area contributed by atoms with Gasteiger partial charge in [-0.1, -0.05) is 46.8 Å². The minimum Gasteiger partial charge on any atom is -0.491 e. The molecule has 6 aliphatic rings. The topological polar surface area (TPSA) is 233 Å². The molecule has 25 heteroatoms. The third-order valence-corrected chi connectivity index (χ3v) is 19.4. The highest BCUT2D eigenvalue weighted by Crippen LogP contribution is 2.41. The second-order valence-electron chi connectivity index (χ2n) is 26.8. The highest BCUT2D eigenvalue weighted by Gasteiger charge is 2.53. The van der Waals surface area contributed by atoms with Gasteiger partial charge in [0.05, 0.1) is 46.5 Å². The lowest BCUT2D eigenvalue weighted by atomic mass is 9.82. The average Bonchev–Trinajstić information content (AvgIpc) is 2.27. The van der Waals surface area contributed by atoms with Crippen LogP contribution in [0.3, 0.4) is 0 Å². The monoisotopic (exact) mass is 1240 g/mol. The Morgan fingerprint density at radius 2 is 1.57 bits per heavy atom. The molecule has 0 radical (unpaired) electrons. The maximum absolute atomic E-state index is 15.8. The predicted octanol–water partition coefficient (Wildman–Crippen LogP) is 5.01. The van der Waals surface area contributed by atoms with Crippen molar-refractivity contribution in [1.82, 2.24) is 55.8 Å². The van der Waals surface area contributed by atoms with Crippen LogP contribution in [0.15, 0.2) is 48.2 Å². The normalized spacial score (nSPS) is 21.6. The molecule has 4 aromatic rings. The molecule has 7 heterocycles. The Balaban J connectivity index is 0.633. The van der Waals surface area contributed by atoms with Crippen molar-refractivity contribution in [3.8, 4) is 16.2 Å². The summed E-state index contributed by atoms with van der Waals surface area (Å²) in [6.07, 6.45) is 4.32. The Hall–Kier alpha value is -6.67. The number of hydrogen-bond acceptors (Lipinski definition) is 17. The fraction of sp³-hybridized carbons (Fsp3) is 0.619. The van der Waals surface area contributed by atoms with Gasteiger partial charge in [-0.25, -0.2) is 28.1 Å². The number of hydrogen-bond donors (Lipinski definition) is 6. The molecule has 2 aromatic carbocycles. The second-order valence-corrected chi connectivity index (χ2v) is 27.6. The van der Waals surface area contributed by atoms with E-state index in [1.807, 2.05) is 31.2 Å². The number of ether oxygens (including phenoxy) is 1. The third-order valence-electron chi connectivity index (χ3n) is 18.4. The quantitative estimate of drug-likeness (QED) is 0.0568. The van der Waals surface area contributed by atoms with Gasteiger partial charge in [-0.05, 0) is 87.1 Å². The molecule has 6 N–H and O–H groups in total. The van der Waals surface area contributed by atoms with Crippen molar-refractivity contribution >= 4 is 58.2 Å². The number of aromatic nitrogens is 3. The number of likely N-dealkylation sites (tertiary alicyclic amines) is 2. The number of aliphatic hydroxyl groups excluding tert-OH is 1. The molecule has 1 aliphatic carbocycles. The highest BCUT2D eigenvalue weighted by atomic mass is 32.1. The lowest BCUT2D eigenvalue weighted by Gasteiger charge is -2.48. The SMILES string of the molecule is Cc1ncsc1-c1ccc(CNC(=O)[C@@H]2C[C@@H](O)CN2C(=O)[C@@H](NC(=O)C2(F)CC2)C(C)(C)C)c(OCCNC(=O)CCN2CCN(CCNc3cc(N4CCC5(CC4)CN(c4cc(F)c(CN6CCC(C)(C)CC6)cc4F)CC(=O)N5)ncn3)CC2)c1. The molecule has 88 heavy (non-hydrogen) atoms.